The van der Waals surface area contributed by atoms with Crippen LogP contribution in [-0.2, 0) is 6.54 Å². The van der Waals surface area contributed by atoms with Crippen molar-refractivity contribution in [3.05, 3.63) is 47.8 Å². The number of aryl methyl sites for hydroxylation is 1. The predicted octanol–water partition coefficient (Wildman–Crippen LogP) is 3.61. The molecule has 0 amide bonds. The Hall–Kier alpha value is -2.10. The molecular weight excluding hydrogens is 248 g/mol. The van der Waals surface area contributed by atoms with Gasteiger partial charge in [-0.05, 0) is 33.3 Å². The fourth-order valence-corrected chi connectivity index (χ4v) is 1.89. The van der Waals surface area contributed by atoms with Gasteiger partial charge in [0.15, 0.2) is 0 Å². The molecule has 4 heteroatoms. The normalized spacial score (nSPS) is 11.2. The van der Waals surface area contributed by atoms with Crippen LogP contribution in [0.1, 0.15) is 32.2 Å². The largest absolute Gasteiger partial charge is 0.366 e. The molecule has 0 fully saturated rings. The first-order valence-electron chi connectivity index (χ1n) is 6.84. The molecule has 2 aromatic rings. The van der Waals surface area contributed by atoms with Gasteiger partial charge >= 0.3 is 0 Å². The Morgan fingerprint density at radius 2 is 1.65 bits per heavy atom. The van der Waals surface area contributed by atoms with Gasteiger partial charge in [0, 0.05) is 18.2 Å². The van der Waals surface area contributed by atoms with Gasteiger partial charge in [0.1, 0.15) is 17.5 Å². The van der Waals surface area contributed by atoms with E-state index in [4.69, 9.17) is 0 Å². The molecule has 0 spiro atoms. The van der Waals surface area contributed by atoms with Crippen molar-refractivity contribution >= 4 is 11.6 Å². The number of hydrogen-bond acceptors (Lipinski definition) is 4. The van der Waals surface area contributed by atoms with E-state index >= 15 is 0 Å². The summed E-state index contributed by atoms with van der Waals surface area (Å²) >= 11 is 0. The highest BCUT2D eigenvalue weighted by Crippen LogP contribution is 2.16. The maximum Gasteiger partial charge on any atom is 0.132 e. The molecule has 0 aliphatic heterocycles. The lowest BCUT2D eigenvalue weighted by molar-refractivity contribution is 0.629. The molecule has 4 nitrogen and oxygen atoms in total. The van der Waals surface area contributed by atoms with Crippen LogP contribution in [0.5, 0.6) is 0 Å². The standard InChI is InChI=1S/C16H22N4/c1-12-18-14(10-15(19-12)20-16(2,3)4)17-11-13-8-6-5-7-9-13/h5-10H,11H2,1-4H3,(H2,17,18,19,20). The summed E-state index contributed by atoms with van der Waals surface area (Å²) in [6, 6.07) is 12.2. The molecular formula is C16H22N4. The predicted molar refractivity (Wildman–Crippen MR) is 83.9 cm³/mol. The third kappa shape index (κ3) is 4.53. The van der Waals surface area contributed by atoms with Crippen molar-refractivity contribution in [2.24, 2.45) is 0 Å². The van der Waals surface area contributed by atoms with Crippen molar-refractivity contribution < 1.29 is 0 Å². The first kappa shape index (κ1) is 14.3. The van der Waals surface area contributed by atoms with E-state index in [9.17, 15) is 0 Å². The lowest BCUT2D eigenvalue weighted by atomic mass is 10.1. The van der Waals surface area contributed by atoms with E-state index in [1.807, 2.05) is 31.2 Å². The first-order chi connectivity index (χ1) is 9.42. The summed E-state index contributed by atoms with van der Waals surface area (Å²) in [5.41, 5.74) is 1.21. The molecule has 0 atom stereocenters. The molecule has 2 N–H and O–H groups in total. The van der Waals surface area contributed by atoms with Crippen LogP contribution in [0.2, 0.25) is 0 Å². The van der Waals surface area contributed by atoms with Gasteiger partial charge in [0.2, 0.25) is 0 Å². The van der Waals surface area contributed by atoms with Gasteiger partial charge in [-0.1, -0.05) is 30.3 Å². The van der Waals surface area contributed by atoms with Gasteiger partial charge in [-0.25, -0.2) is 9.97 Å². The van der Waals surface area contributed by atoms with Gasteiger partial charge in [0.05, 0.1) is 0 Å². The van der Waals surface area contributed by atoms with Gasteiger partial charge in [-0.2, -0.15) is 0 Å². The molecule has 1 heterocycles. The highest BCUT2D eigenvalue weighted by molar-refractivity contribution is 5.48. The third-order valence-electron chi connectivity index (χ3n) is 2.66. The van der Waals surface area contributed by atoms with Crippen molar-refractivity contribution in [2.75, 3.05) is 10.6 Å². The molecule has 0 radical (unpaired) electrons. The molecule has 0 saturated heterocycles. The van der Waals surface area contributed by atoms with Crippen molar-refractivity contribution in [3.63, 3.8) is 0 Å². The molecule has 0 aliphatic carbocycles. The lowest BCUT2D eigenvalue weighted by Crippen LogP contribution is -2.27. The van der Waals surface area contributed by atoms with Crippen LogP contribution in [0.3, 0.4) is 0 Å². The molecule has 1 aromatic heterocycles. The van der Waals surface area contributed by atoms with E-state index in [1.54, 1.807) is 0 Å². The number of nitrogens with one attached hydrogen (secondary N) is 2. The quantitative estimate of drug-likeness (QED) is 0.891. The number of hydrogen-bond donors (Lipinski definition) is 2. The zero-order chi connectivity index (χ0) is 14.6. The fraction of sp³-hybridized carbons (Fsp3) is 0.375. The van der Waals surface area contributed by atoms with Crippen LogP contribution < -0.4 is 10.6 Å². The summed E-state index contributed by atoms with van der Waals surface area (Å²) < 4.78 is 0. The van der Waals surface area contributed by atoms with Crippen LogP contribution in [0.15, 0.2) is 36.4 Å². The molecule has 1 aromatic carbocycles. The number of aromatic nitrogens is 2. The van der Waals surface area contributed by atoms with Crippen molar-refractivity contribution in [2.45, 2.75) is 39.8 Å². The Balaban J connectivity index is 2.08. The Labute approximate surface area is 120 Å². The second-order valence-corrected chi connectivity index (χ2v) is 5.90. The minimum Gasteiger partial charge on any atom is -0.366 e. The third-order valence-corrected chi connectivity index (χ3v) is 2.66. The second kappa shape index (κ2) is 5.90. The number of anilines is 2. The van der Waals surface area contributed by atoms with Crippen LogP contribution in [0.4, 0.5) is 11.6 Å². The number of benzene rings is 1. The first-order valence-corrected chi connectivity index (χ1v) is 6.84. The minimum atomic E-state index is -0.0164. The zero-order valence-electron chi connectivity index (χ0n) is 12.6. The summed E-state index contributed by atoms with van der Waals surface area (Å²) in [5.74, 6) is 2.45. The van der Waals surface area contributed by atoms with Crippen molar-refractivity contribution in [1.82, 2.24) is 9.97 Å². The molecule has 0 unspecified atom stereocenters. The van der Waals surface area contributed by atoms with Gasteiger partial charge < -0.3 is 10.6 Å². The number of nitrogens with zero attached hydrogens (tertiary/aromatic N) is 2. The van der Waals surface area contributed by atoms with Gasteiger partial charge in [-0.3, -0.25) is 0 Å². The van der Waals surface area contributed by atoms with Crippen LogP contribution in [0, 0.1) is 6.92 Å². The maximum absolute atomic E-state index is 4.42. The summed E-state index contributed by atoms with van der Waals surface area (Å²) in [4.78, 5) is 8.83. The Kier molecular flexibility index (Phi) is 4.23. The van der Waals surface area contributed by atoms with Crippen LogP contribution in [-0.4, -0.2) is 15.5 Å². The molecule has 0 aliphatic rings. The highest BCUT2D eigenvalue weighted by atomic mass is 15.1. The van der Waals surface area contributed by atoms with Crippen molar-refractivity contribution in [1.29, 1.82) is 0 Å². The highest BCUT2D eigenvalue weighted by Gasteiger charge is 2.11. The van der Waals surface area contributed by atoms with Crippen LogP contribution >= 0.6 is 0 Å². The SMILES string of the molecule is Cc1nc(NCc2ccccc2)cc(NC(C)(C)C)n1. The van der Waals surface area contributed by atoms with Crippen LogP contribution in [0.25, 0.3) is 0 Å². The maximum atomic E-state index is 4.42. The molecule has 0 saturated carbocycles. The minimum absolute atomic E-state index is 0.0164. The summed E-state index contributed by atoms with van der Waals surface area (Å²) in [6.07, 6.45) is 0. The Bertz CT molecular complexity index is 558. The topological polar surface area (TPSA) is 49.8 Å². The molecule has 20 heavy (non-hydrogen) atoms. The van der Waals surface area contributed by atoms with E-state index < -0.39 is 0 Å². The summed E-state index contributed by atoms with van der Waals surface area (Å²) in [5, 5.41) is 6.71. The van der Waals surface area contributed by atoms with E-state index in [0.29, 0.717) is 0 Å². The van der Waals surface area contributed by atoms with E-state index in [2.05, 4.69) is 53.5 Å². The van der Waals surface area contributed by atoms with E-state index in [1.165, 1.54) is 5.56 Å². The smallest absolute Gasteiger partial charge is 0.132 e. The Morgan fingerprint density at radius 1 is 1.00 bits per heavy atom. The Morgan fingerprint density at radius 3 is 2.30 bits per heavy atom. The van der Waals surface area contributed by atoms with E-state index in [-0.39, 0.29) is 5.54 Å². The zero-order valence-corrected chi connectivity index (χ0v) is 12.6. The summed E-state index contributed by atoms with van der Waals surface area (Å²) in [6.45, 7) is 9.00. The van der Waals surface area contributed by atoms with Crippen molar-refractivity contribution in [3.8, 4) is 0 Å². The summed E-state index contributed by atoms with van der Waals surface area (Å²) in [7, 11) is 0. The lowest BCUT2D eigenvalue weighted by Gasteiger charge is -2.21. The fourth-order valence-electron chi connectivity index (χ4n) is 1.89. The van der Waals surface area contributed by atoms with Gasteiger partial charge in [0.25, 0.3) is 0 Å². The molecule has 106 valence electrons. The molecule has 2 rings (SSSR count). The average molecular weight is 270 g/mol. The second-order valence-electron chi connectivity index (χ2n) is 5.90. The van der Waals surface area contributed by atoms with E-state index in [0.717, 1.165) is 24.0 Å². The molecule has 0 bridgehead atoms. The monoisotopic (exact) mass is 270 g/mol. The number of rotatable bonds is 4. The average Bonchev–Trinajstić information content (AvgIpc) is 2.35. The van der Waals surface area contributed by atoms with Gasteiger partial charge in [-0.15, -0.1) is 0 Å².